The number of rotatable bonds is 8. The molecule has 4 unspecified atom stereocenters. The van der Waals surface area contributed by atoms with Crippen LogP contribution in [0.15, 0.2) is 71.1 Å². The van der Waals surface area contributed by atoms with Crippen molar-refractivity contribution in [3.05, 3.63) is 87.8 Å². The predicted octanol–water partition coefficient (Wildman–Crippen LogP) is 5.80. The van der Waals surface area contributed by atoms with Gasteiger partial charge in [0.05, 0.1) is 30.3 Å². The lowest BCUT2D eigenvalue weighted by Gasteiger charge is -2.50. The topological polar surface area (TPSA) is 128 Å². The first-order valence-corrected chi connectivity index (χ1v) is 15.9. The number of aryl methyl sites for hydroxylation is 1. The third-order valence-corrected chi connectivity index (χ3v) is 10.7. The Labute approximate surface area is 258 Å². The van der Waals surface area contributed by atoms with Gasteiger partial charge in [-0.05, 0) is 116 Å². The highest BCUT2D eigenvalue weighted by Crippen LogP contribution is 2.61. The number of hydrogen-bond donors (Lipinski definition) is 3. The first kappa shape index (κ1) is 30.1. The van der Waals surface area contributed by atoms with Crippen LogP contribution in [0.25, 0.3) is 0 Å². The molecule has 4 aliphatic rings. The number of ether oxygens (including phenoxy) is 2. The van der Waals surface area contributed by atoms with E-state index in [4.69, 9.17) is 15.2 Å². The number of allylic oxidation sites excluding steroid dienone is 2. The molecule has 44 heavy (non-hydrogen) atoms. The van der Waals surface area contributed by atoms with E-state index in [0.717, 1.165) is 38.5 Å². The van der Waals surface area contributed by atoms with Gasteiger partial charge in [0.15, 0.2) is 0 Å². The van der Waals surface area contributed by atoms with Gasteiger partial charge in [0.1, 0.15) is 11.5 Å². The summed E-state index contributed by atoms with van der Waals surface area (Å²) in [7, 11) is 0. The summed E-state index contributed by atoms with van der Waals surface area (Å²) in [5.41, 5.74) is 10.1. The number of aromatic hydroxyl groups is 1. The van der Waals surface area contributed by atoms with E-state index in [2.05, 4.69) is 18.3 Å². The fourth-order valence-corrected chi connectivity index (χ4v) is 8.56. The minimum absolute atomic E-state index is 0.101. The van der Waals surface area contributed by atoms with Crippen molar-refractivity contribution in [3.8, 4) is 5.75 Å². The zero-order chi connectivity index (χ0) is 31.0. The lowest BCUT2D eigenvalue weighted by atomic mass is 9.55. The second-order valence-corrected chi connectivity index (χ2v) is 13.1. The SMILES string of the molecule is CC1=C(NC(=O)CCO[C@H]2CCC3C4CCc5cc(O)ccc5C4CCC32C)CCC(OC(=O)c2ccccc2)=C1C(N)=O. The maximum Gasteiger partial charge on any atom is 0.343 e. The van der Waals surface area contributed by atoms with Crippen LogP contribution >= 0.6 is 0 Å². The molecule has 0 aliphatic heterocycles. The quantitative estimate of drug-likeness (QED) is 0.330. The Kier molecular flexibility index (Phi) is 8.38. The number of phenols is 1. The Morgan fingerprint density at radius 2 is 1.82 bits per heavy atom. The van der Waals surface area contributed by atoms with Crippen LogP contribution in [0, 0.1) is 17.3 Å². The predicted molar refractivity (Wildman–Crippen MR) is 165 cm³/mol. The molecule has 2 amide bonds. The number of benzene rings is 2. The molecule has 2 saturated carbocycles. The van der Waals surface area contributed by atoms with Crippen LogP contribution in [0.3, 0.4) is 0 Å². The molecule has 8 nitrogen and oxygen atoms in total. The molecule has 0 heterocycles. The minimum atomic E-state index is -0.702. The summed E-state index contributed by atoms with van der Waals surface area (Å²) in [6.45, 7) is 4.43. The molecule has 8 heteroatoms. The van der Waals surface area contributed by atoms with E-state index in [9.17, 15) is 19.5 Å². The number of esters is 1. The van der Waals surface area contributed by atoms with Crippen molar-refractivity contribution in [3.63, 3.8) is 0 Å². The van der Waals surface area contributed by atoms with Gasteiger partial charge >= 0.3 is 5.97 Å². The molecule has 5 atom stereocenters. The first-order valence-electron chi connectivity index (χ1n) is 15.9. The molecule has 0 saturated heterocycles. The lowest BCUT2D eigenvalue weighted by molar-refractivity contribution is -0.123. The van der Waals surface area contributed by atoms with Crippen LogP contribution in [-0.2, 0) is 25.5 Å². The zero-order valence-corrected chi connectivity index (χ0v) is 25.6. The number of nitrogens with two attached hydrogens (primary N) is 1. The number of phenolic OH excluding ortho intramolecular Hbond substituents is 1. The fourth-order valence-electron chi connectivity index (χ4n) is 8.56. The highest BCUT2D eigenvalue weighted by molar-refractivity contribution is 5.99. The maximum absolute atomic E-state index is 13.0. The van der Waals surface area contributed by atoms with Gasteiger partial charge in [-0.2, -0.15) is 0 Å². The Morgan fingerprint density at radius 3 is 2.59 bits per heavy atom. The number of amides is 2. The molecule has 232 valence electrons. The molecule has 0 aromatic heterocycles. The van der Waals surface area contributed by atoms with Crippen molar-refractivity contribution in [1.82, 2.24) is 5.32 Å². The van der Waals surface area contributed by atoms with Crippen LogP contribution in [0.2, 0.25) is 0 Å². The summed E-state index contributed by atoms with van der Waals surface area (Å²) in [4.78, 5) is 37.9. The van der Waals surface area contributed by atoms with Gasteiger partial charge in [-0.3, -0.25) is 9.59 Å². The van der Waals surface area contributed by atoms with Crippen molar-refractivity contribution < 1.29 is 29.0 Å². The van der Waals surface area contributed by atoms with Crippen molar-refractivity contribution in [2.75, 3.05) is 6.61 Å². The standard InChI is InChI=1S/C36H42N2O6/c1-21-29(13-14-30(33(21)34(37)41)44-35(42)22-6-4-3-5-7-22)38-32(40)17-19-43-31-15-12-28-27-10-8-23-20-24(39)9-11-25(23)26(27)16-18-36(28,31)2/h3-7,9,11,20,26-28,31,39H,8,10,12-19H2,1-2H3,(H2,37,41)(H,38,40)/t26?,27?,28?,31-,36?/m0/s1. The summed E-state index contributed by atoms with van der Waals surface area (Å²) < 4.78 is 12.0. The summed E-state index contributed by atoms with van der Waals surface area (Å²) in [5.74, 6) is 0.931. The molecule has 0 radical (unpaired) electrons. The average Bonchev–Trinajstić information content (AvgIpc) is 3.34. The van der Waals surface area contributed by atoms with Crippen LogP contribution in [0.1, 0.15) is 92.6 Å². The summed E-state index contributed by atoms with van der Waals surface area (Å²) in [5, 5.41) is 12.9. The fraction of sp³-hybridized carbons (Fsp3) is 0.472. The number of hydrogen-bond acceptors (Lipinski definition) is 6. The third kappa shape index (κ3) is 5.68. The molecular formula is C36H42N2O6. The highest BCUT2D eigenvalue weighted by atomic mass is 16.5. The van der Waals surface area contributed by atoms with Gasteiger partial charge in [-0.25, -0.2) is 4.79 Å². The van der Waals surface area contributed by atoms with Gasteiger partial charge in [0.25, 0.3) is 5.91 Å². The normalized spacial score (nSPS) is 27.7. The second-order valence-electron chi connectivity index (χ2n) is 13.1. The van der Waals surface area contributed by atoms with Gasteiger partial charge in [-0.15, -0.1) is 0 Å². The molecule has 2 aromatic carbocycles. The Hall–Kier alpha value is -3.91. The number of nitrogens with one attached hydrogen (secondary N) is 1. The molecule has 0 bridgehead atoms. The lowest BCUT2D eigenvalue weighted by Crippen LogP contribution is -2.44. The monoisotopic (exact) mass is 598 g/mol. The van der Waals surface area contributed by atoms with Crippen LogP contribution in [0.4, 0.5) is 0 Å². The zero-order valence-electron chi connectivity index (χ0n) is 25.6. The van der Waals surface area contributed by atoms with E-state index < -0.39 is 11.9 Å². The minimum Gasteiger partial charge on any atom is -0.508 e. The van der Waals surface area contributed by atoms with Crippen LogP contribution < -0.4 is 11.1 Å². The van der Waals surface area contributed by atoms with E-state index in [1.165, 1.54) is 11.1 Å². The van der Waals surface area contributed by atoms with Crippen molar-refractivity contribution in [2.24, 2.45) is 23.0 Å². The largest absolute Gasteiger partial charge is 0.508 e. The molecule has 6 rings (SSSR count). The molecule has 2 fully saturated rings. The number of carbonyl (C=O) groups excluding carboxylic acids is 3. The third-order valence-electron chi connectivity index (χ3n) is 10.7. The summed E-state index contributed by atoms with van der Waals surface area (Å²) >= 11 is 0. The Morgan fingerprint density at radius 1 is 1.02 bits per heavy atom. The smallest absolute Gasteiger partial charge is 0.343 e. The Balaban J connectivity index is 1.05. The number of fused-ring (bicyclic) bond motifs is 5. The van der Waals surface area contributed by atoms with Crippen molar-refractivity contribution >= 4 is 17.8 Å². The van der Waals surface area contributed by atoms with E-state index in [1.54, 1.807) is 37.3 Å². The molecule has 4 N–H and O–H groups in total. The van der Waals surface area contributed by atoms with Gasteiger partial charge < -0.3 is 25.6 Å². The highest BCUT2D eigenvalue weighted by Gasteiger charge is 2.55. The summed E-state index contributed by atoms with van der Waals surface area (Å²) in [6.07, 6.45) is 7.58. The maximum atomic E-state index is 13.0. The number of primary amides is 1. The van der Waals surface area contributed by atoms with Gasteiger partial charge in [0, 0.05) is 12.1 Å². The van der Waals surface area contributed by atoms with Crippen LogP contribution in [0.5, 0.6) is 5.75 Å². The number of carbonyl (C=O) groups is 3. The van der Waals surface area contributed by atoms with Gasteiger partial charge in [-0.1, -0.05) is 31.2 Å². The van der Waals surface area contributed by atoms with E-state index in [0.29, 0.717) is 53.4 Å². The molecule has 4 aliphatic carbocycles. The van der Waals surface area contributed by atoms with Crippen LogP contribution in [-0.4, -0.2) is 35.6 Å². The van der Waals surface area contributed by atoms with Crippen molar-refractivity contribution in [2.45, 2.75) is 83.7 Å². The first-order chi connectivity index (χ1) is 21.2. The Bertz CT molecular complexity index is 1530. The molecular weight excluding hydrogens is 556 g/mol. The van der Waals surface area contributed by atoms with Gasteiger partial charge in [0.2, 0.25) is 5.91 Å². The summed E-state index contributed by atoms with van der Waals surface area (Å²) in [6, 6.07) is 14.5. The molecule has 2 aromatic rings. The van der Waals surface area contributed by atoms with Crippen molar-refractivity contribution in [1.29, 1.82) is 0 Å². The van der Waals surface area contributed by atoms with E-state index in [-0.39, 0.29) is 41.6 Å². The van der Waals surface area contributed by atoms with E-state index in [1.807, 2.05) is 12.1 Å². The second kappa shape index (κ2) is 12.2. The average molecular weight is 599 g/mol. The molecule has 0 spiro atoms. The van der Waals surface area contributed by atoms with E-state index >= 15 is 0 Å².